The first-order valence-corrected chi connectivity index (χ1v) is 7.21. The molecule has 4 nitrogen and oxygen atoms in total. The Morgan fingerprint density at radius 2 is 1.61 bits per heavy atom. The largest absolute Gasteiger partial charge is 0.435 e. The number of benzene rings is 2. The summed E-state index contributed by atoms with van der Waals surface area (Å²) in [5.41, 5.74) is 7.20. The van der Waals surface area contributed by atoms with E-state index in [1.54, 1.807) is 19.1 Å². The minimum absolute atomic E-state index is 0.0958. The number of carbonyl (C=O) groups is 1. The number of hydrogen-bond donors (Lipinski definition) is 2. The first-order valence-electron chi connectivity index (χ1n) is 7.21. The number of primary amides is 1. The van der Waals surface area contributed by atoms with Crippen molar-refractivity contribution >= 4 is 5.91 Å². The Morgan fingerprint density at radius 3 is 2.13 bits per heavy atom. The molecular formula is C17H19F2N2O2+. The van der Waals surface area contributed by atoms with Gasteiger partial charge in [0.2, 0.25) is 0 Å². The second-order valence-electron chi connectivity index (χ2n) is 5.22. The first-order chi connectivity index (χ1) is 11.0. The van der Waals surface area contributed by atoms with Gasteiger partial charge in [0.15, 0.2) is 6.04 Å². The van der Waals surface area contributed by atoms with Gasteiger partial charge in [-0.15, -0.1) is 0 Å². The van der Waals surface area contributed by atoms with E-state index in [2.05, 4.69) is 4.74 Å². The molecule has 0 heterocycles. The SMILES string of the molecule is C[C@H]([NH2+][C@H](c1ccccc1)c1ccc(OC(F)F)cc1)C(N)=O. The van der Waals surface area contributed by atoms with Gasteiger partial charge in [-0.1, -0.05) is 30.3 Å². The fourth-order valence-electron chi connectivity index (χ4n) is 2.32. The number of halogens is 2. The minimum atomic E-state index is -2.85. The number of rotatable bonds is 7. The van der Waals surface area contributed by atoms with E-state index in [9.17, 15) is 13.6 Å². The standard InChI is InChI=1S/C17H18F2N2O2/c1-11(16(20)22)21-15(12-5-3-2-4-6-12)13-7-9-14(10-8-13)23-17(18)19/h2-11,15,17,21H,1H3,(H2,20,22)/p+1/t11-,15+/m0/s1. The molecule has 0 aliphatic carbocycles. The molecule has 0 radical (unpaired) electrons. The predicted octanol–water partition coefficient (Wildman–Crippen LogP) is 1.81. The highest BCUT2D eigenvalue weighted by Crippen LogP contribution is 2.22. The smallest absolute Gasteiger partial charge is 0.387 e. The van der Waals surface area contributed by atoms with Gasteiger partial charge in [0.25, 0.3) is 5.91 Å². The van der Waals surface area contributed by atoms with E-state index in [0.29, 0.717) is 0 Å². The average molecular weight is 321 g/mol. The molecule has 1 amide bonds. The van der Waals surface area contributed by atoms with Gasteiger partial charge in [-0.2, -0.15) is 8.78 Å². The molecule has 0 bridgehead atoms. The van der Waals surface area contributed by atoms with E-state index < -0.39 is 18.6 Å². The maximum atomic E-state index is 12.2. The molecule has 0 fully saturated rings. The molecule has 0 unspecified atom stereocenters. The van der Waals surface area contributed by atoms with Crippen LogP contribution in [-0.4, -0.2) is 18.6 Å². The molecule has 2 atom stereocenters. The lowest BCUT2D eigenvalue weighted by Gasteiger charge is -2.19. The van der Waals surface area contributed by atoms with Crippen LogP contribution < -0.4 is 15.8 Å². The summed E-state index contributed by atoms with van der Waals surface area (Å²) in [6, 6.07) is 15.4. The molecular weight excluding hydrogens is 302 g/mol. The molecule has 0 saturated heterocycles. The van der Waals surface area contributed by atoms with Crippen molar-refractivity contribution in [3.63, 3.8) is 0 Å². The van der Waals surface area contributed by atoms with Crippen LogP contribution in [0.5, 0.6) is 5.75 Å². The monoisotopic (exact) mass is 321 g/mol. The molecule has 122 valence electrons. The summed E-state index contributed by atoms with van der Waals surface area (Å²) in [6.45, 7) is -1.13. The Labute approximate surface area is 133 Å². The molecule has 0 aromatic heterocycles. The number of quaternary nitrogens is 1. The van der Waals surface area contributed by atoms with Crippen LogP contribution in [0, 0.1) is 0 Å². The van der Waals surface area contributed by atoms with E-state index in [4.69, 9.17) is 5.73 Å². The van der Waals surface area contributed by atoms with Crippen molar-refractivity contribution in [2.75, 3.05) is 0 Å². The average Bonchev–Trinajstić information content (AvgIpc) is 2.53. The summed E-state index contributed by atoms with van der Waals surface area (Å²) in [6.07, 6.45) is 0. The number of hydrogen-bond acceptors (Lipinski definition) is 2. The van der Waals surface area contributed by atoms with Gasteiger partial charge in [-0.25, -0.2) is 0 Å². The minimum Gasteiger partial charge on any atom is -0.435 e. The summed E-state index contributed by atoms with van der Waals surface area (Å²) in [5.74, 6) is -0.318. The Balaban J connectivity index is 2.28. The zero-order valence-corrected chi connectivity index (χ0v) is 12.7. The molecule has 0 aliphatic heterocycles. The molecule has 2 aromatic carbocycles. The van der Waals surface area contributed by atoms with Crippen molar-refractivity contribution < 1.29 is 23.6 Å². The van der Waals surface area contributed by atoms with E-state index in [1.165, 1.54) is 12.1 Å². The van der Waals surface area contributed by atoms with Crippen LogP contribution >= 0.6 is 0 Å². The van der Waals surface area contributed by atoms with Gasteiger partial charge in [-0.05, 0) is 31.2 Å². The van der Waals surface area contributed by atoms with Crippen molar-refractivity contribution in [3.8, 4) is 5.75 Å². The van der Waals surface area contributed by atoms with Crippen molar-refractivity contribution in [2.45, 2.75) is 25.6 Å². The van der Waals surface area contributed by atoms with E-state index in [-0.39, 0.29) is 11.8 Å². The molecule has 2 rings (SSSR count). The molecule has 0 aliphatic rings. The summed E-state index contributed by atoms with van der Waals surface area (Å²) >= 11 is 0. The fourth-order valence-corrected chi connectivity index (χ4v) is 2.32. The molecule has 4 N–H and O–H groups in total. The van der Waals surface area contributed by atoms with Gasteiger partial charge in [-0.3, -0.25) is 4.79 Å². The highest BCUT2D eigenvalue weighted by molar-refractivity contribution is 5.77. The Bertz CT molecular complexity index is 633. The lowest BCUT2D eigenvalue weighted by molar-refractivity contribution is -0.704. The van der Waals surface area contributed by atoms with Crippen LogP contribution in [0.2, 0.25) is 0 Å². The predicted molar refractivity (Wildman–Crippen MR) is 81.9 cm³/mol. The highest BCUT2D eigenvalue weighted by Gasteiger charge is 2.23. The Morgan fingerprint density at radius 1 is 1.04 bits per heavy atom. The number of nitrogens with two attached hydrogens (primary N) is 2. The van der Waals surface area contributed by atoms with Crippen LogP contribution in [0.3, 0.4) is 0 Å². The lowest BCUT2D eigenvalue weighted by atomic mass is 9.97. The van der Waals surface area contributed by atoms with Gasteiger partial charge in [0.1, 0.15) is 11.8 Å². The van der Waals surface area contributed by atoms with Crippen molar-refractivity contribution in [2.24, 2.45) is 5.73 Å². The first kappa shape index (κ1) is 16.9. The van der Waals surface area contributed by atoms with Crippen LogP contribution in [0.25, 0.3) is 0 Å². The van der Waals surface area contributed by atoms with Crippen LogP contribution in [0.4, 0.5) is 8.78 Å². The summed E-state index contributed by atoms with van der Waals surface area (Å²) < 4.78 is 28.8. The van der Waals surface area contributed by atoms with E-state index in [0.717, 1.165) is 11.1 Å². The summed E-state index contributed by atoms with van der Waals surface area (Å²) in [5, 5.41) is 1.85. The second kappa shape index (κ2) is 7.69. The van der Waals surface area contributed by atoms with Gasteiger partial charge in [0.05, 0.1) is 0 Å². The van der Waals surface area contributed by atoms with Gasteiger partial charge >= 0.3 is 6.61 Å². The van der Waals surface area contributed by atoms with Crippen molar-refractivity contribution in [1.82, 2.24) is 0 Å². The van der Waals surface area contributed by atoms with Crippen molar-refractivity contribution in [1.29, 1.82) is 0 Å². The normalized spacial score (nSPS) is 13.6. The third-order valence-corrected chi connectivity index (χ3v) is 3.55. The summed E-state index contributed by atoms with van der Waals surface area (Å²) in [7, 11) is 0. The number of amides is 1. The maximum absolute atomic E-state index is 12.2. The zero-order valence-electron chi connectivity index (χ0n) is 12.7. The maximum Gasteiger partial charge on any atom is 0.387 e. The topological polar surface area (TPSA) is 68.9 Å². The number of carbonyl (C=O) groups excluding carboxylic acids is 1. The number of ether oxygens (including phenoxy) is 1. The number of alkyl halides is 2. The Hall–Kier alpha value is -2.47. The second-order valence-corrected chi connectivity index (χ2v) is 5.22. The highest BCUT2D eigenvalue weighted by atomic mass is 19.3. The fraction of sp³-hybridized carbons (Fsp3) is 0.235. The van der Waals surface area contributed by atoms with E-state index >= 15 is 0 Å². The summed E-state index contributed by atoms with van der Waals surface area (Å²) in [4.78, 5) is 11.4. The van der Waals surface area contributed by atoms with Crippen LogP contribution in [0.15, 0.2) is 54.6 Å². The molecule has 6 heteroatoms. The van der Waals surface area contributed by atoms with Gasteiger partial charge in [0, 0.05) is 11.1 Å². The van der Waals surface area contributed by atoms with Crippen LogP contribution in [-0.2, 0) is 4.79 Å². The lowest BCUT2D eigenvalue weighted by Crippen LogP contribution is -2.92. The molecule has 0 spiro atoms. The molecule has 2 aromatic rings. The van der Waals surface area contributed by atoms with Gasteiger partial charge < -0.3 is 15.8 Å². The quantitative estimate of drug-likeness (QED) is 0.817. The van der Waals surface area contributed by atoms with E-state index in [1.807, 2.05) is 35.6 Å². The van der Waals surface area contributed by atoms with Crippen molar-refractivity contribution in [3.05, 3.63) is 65.7 Å². The molecule has 0 saturated carbocycles. The Kier molecular flexibility index (Phi) is 5.65. The third-order valence-electron chi connectivity index (χ3n) is 3.55. The third kappa shape index (κ3) is 4.75. The van der Waals surface area contributed by atoms with Crippen LogP contribution in [0.1, 0.15) is 24.1 Å². The zero-order chi connectivity index (χ0) is 16.8. The molecule has 23 heavy (non-hydrogen) atoms.